The molecule has 1 aromatic heterocycles. The molecule has 1 unspecified atom stereocenters. The van der Waals surface area contributed by atoms with Gasteiger partial charge in [0.1, 0.15) is 5.69 Å². The molecule has 0 spiro atoms. The van der Waals surface area contributed by atoms with Gasteiger partial charge in [-0.15, -0.1) is 0 Å². The maximum Gasteiger partial charge on any atom is 0.271 e. The fourth-order valence-corrected chi connectivity index (χ4v) is 1.89. The third-order valence-corrected chi connectivity index (χ3v) is 2.63. The van der Waals surface area contributed by atoms with E-state index in [1.54, 1.807) is 0 Å². The highest BCUT2D eigenvalue weighted by molar-refractivity contribution is 5.92. The minimum atomic E-state index is -0.469. The number of nitrogens with zero attached hydrogens (tertiary/aromatic N) is 1. The van der Waals surface area contributed by atoms with Crippen molar-refractivity contribution in [3.05, 3.63) is 28.4 Å². The number of rotatable bonds is 5. The van der Waals surface area contributed by atoms with Crippen molar-refractivity contribution in [2.75, 3.05) is 6.54 Å². The smallest absolute Gasteiger partial charge is 0.271 e. The maximum atomic E-state index is 12.0. The van der Waals surface area contributed by atoms with E-state index in [0.29, 0.717) is 12.5 Å². The molecule has 6 nitrogen and oxygen atoms in total. The van der Waals surface area contributed by atoms with Gasteiger partial charge >= 0.3 is 0 Å². The van der Waals surface area contributed by atoms with Crippen LogP contribution in [0.3, 0.4) is 0 Å². The minimum absolute atomic E-state index is 0.179. The van der Waals surface area contributed by atoms with Gasteiger partial charge in [-0.25, -0.2) is 4.98 Å². The number of hydrogen-bond donors (Lipinski definition) is 3. The standard InChI is InChI=1S/C12H20N4O2/c1-8(2)4-12(3,7-13)16-11(18)9-5-15-10(17)6-14-9/h5-6,8H,4,7,13H2,1-3H3,(H,15,17)(H,16,18). The lowest BCUT2D eigenvalue weighted by Crippen LogP contribution is -2.52. The number of amides is 1. The van der Waals surface area contributed by atoms with Crippen LogP contribution in [0.15, 0.2) is 17.2 Å². The van der Waals surface area contributed by atoms with Gasteiger partial charge in [-0.1, -0.05) is 13.8 Å². The van der Waals surface area contributed by atoms with Gasteiger partial charge in [0, 0.05) is 12.7 Å². The number of nitrogens with one attached hydrogen (secondary N) is 2. The van der Waals surface area contributed by atoms with Gasteiger partial charge < -0.3 is 16.0 Å². The fourth-order valence-electron chi connectivity index (χ4n) is 1.89. The fraction of sp³-hybridized carbons (Fsp3) is 0.583. The van der Waals surface area contributed by atoms with E-state index in [1.165, 1.54) is 6.20 Å². The molecule has 0 aliphatic heterocycles. The van der Waals surface area contributed by atoms with Crippen molar-refractivity contribution in [2.45, 2.75) is 32.7 Å². The second-order valence-corrected chi connectivity index (χ2v) is 5.11. The average molecular weight is 252 g/mol. The van der Waals surface area contributed by atoms with Crippen LogP contribution in [-0.4, -0.2) is 28.0 Å². The molecular formula is C12H20N4O2. The van der Waals surface area contributed by atoms with Crippen molar-refractivity contribution in [3.63, 3.8) is 0 Å². The second kappa shape index (κ2) is 5.77. The van der Waals surface area contributed by atoms with Crippen LogP contribution in [0.1, 0.15) is 37.7 Å². The van der Waals surface area contributed by atoms with Crippen LogP contribution in [0.2, 0.25) is 0 Å². The summed E-state index contributed by atoms with van der Waals surface area (Å²) in [6, 6.07) is 0. The minimum Gasteiger partial charge on any atom is -0.344 e. The van der Waals surface area contributed by atoms with Crippen LogP contribution in [0.4, 0.5) is 0 Å². The lowest BCUT2D eigenvalue weighted by atomic mass is 9.90. The SMILES string of the molecule is CC(C)CC(C)(CN)NC(=O)c1c[nH]c(=O)cn1. The summed E-state index contributed by atoms with van der Waals surface area (Å²) in [6.45, 7) is 6.38. The molecule has 0 aliphatic carbocycles. The zero-order chi connectivity index (χ0) is 13.8. The Labute approximate surface area is 106 Å². The summed E-state index contributed by atoms with van der Waals surface area (Å²) in [6.07, 6.45) is 3.15. The summed E-state index contributed by atoms with van der Waals surface area (Å²) in [7, 11) is 0. The molecule has 0 fully saturated rings. The molecule has 0 aromatic carbocycles. The molecule has 100 valence electrons. The predicted molar refractivity (Wildman–Crippen MR) is 69.2 cm³/mol. The van der Waals surface area contributed by atoms with Crippen LogP contribution in [0.25, 0.3) is 0 Å². The molecule has 0 aliphatic rings. The summed E-state index contributed by atoms with van der Waals surface area (Å²) < 4.78 is 0. The van der Waals surface area contributed by atoms with Crippen molar-refractivity contribution in [1.29, 1.82) is 0 Å². The first kappa shape index (κ1) is 14.4. The normalized spacial score (nSPS) is 14.3. The number of carbonyl (C=O) groups is 1. The van der Waals surface area contributed by atoms with Gasteiger partial charge in [0.2, 0.25) is 0 Å². The molecule has 4 N–H and O–H groups in total. The van der Waals surface area contributed by atoms with Crippen molar-refractivity contribution >= 4 is 5.91 Å². The Bertz CT molecular complexity index is 449. The van der Waals surface area contributed by atoms with E-state index in [0.717, 1.165) is 12.6 Å². The molecule has 1 aromatic rings. The predicted octanol–water partition coefficient (Wildman–Crippen LogP) is 0.263. The molecule has 1 atom stereocenters. The van der Waals surface area contributed by atoms with Gasteiger partial charge in [0.25, 0.3) is 11.5 Å². The Hall–Kier alpha value is -1.69. The first-order chi connectivity index (χ1) is 8.36. The average Bonchev–Trinajstić information content (AvgIpc) is 2.28. The quantitative estimate of drug-likeness (QED) is 0.699. The molecule has 0 saturated heterocycles. The molecule has 0 saturated carbocycles. The number of H-pyrrole nitrogens is 1. The summed E-state index contributed by atoms with van der Waals surface area (Å²) >= 11 is 0. The Kier molecular flexibility index (Phi) is 4.61. The van der Waals surface area contributed by atoms with Gasteiger partial charge in [-0.05, 0) is 19.3 Å². The molecule has 0 radical (unpaired) electrons. The summed E-state index contributed by atoms with van der Waals surface area (Å²) in [5, 5.41) is 2.86. The molecule has 0 bridgehead atoms. The molecule has 1 rings (SSSR count). The van der Waals surface area contributed by atoms with Crippen molar-refractivity contribution in [3.8, 4) is 0 Å². The number of carbonyl (C=O) groups excluding carboxylic acids is 1. The van der Waals surface area contributed by atoms with Crippen molar-refractivity contribution in [1.82, 2.24) is 15.3 Å². The maximum absolute atomic E-state index is 12.0. The molecule has 1 amide bonds. The number of hydrogen-bond acceptors (Lipinski definition) is 4. The monoisotopic (exact) mass is 252 g/mol. The number of aromatic nitrogens is 2. The van der Waals surface area contributed by atoms with Crippen LogP contribution < -0.4 is 16.6 Å². The Morgan fingerprint density at radius 1 is 1.61 bits per heavy atom. The second-order valence-electron chi connectivity index (χ2n) is 5.11. The van der Waals surface area contributed by atoms with Gasteiger partial charge in [0.15, 0.2) is 0 Å². The zero-order valence-corrected chi connectivity index (χ0v) is 11.0. The van der Waals surface area contributed by atoms with E-state index in [-0.39, 0.29) is 17.2 Å². The Morgan fingerprint density at radius 3 is 2.72 bits per heavy atom. The molecule has 1 heterocycles. The van der Waals surface area contributed by atoms with Gasteiger partial charge in [-0.2, -0.15) is 0 Å². The zero-order valence-electron chi connectivity index (χ0n) is 11.0. The van der Waals surface area contributed by atoms with Gasteiger partial charge in [0.05, 0.1) is 11.7 Å². The van der Waals surface area contributed by atoms with E-state index >= 15 is 0 Å². The summed E-state index contributed by atoms with van der Waals surface area (Å²) in [4.78, 5) is 29.0. The molecular weight excluding hydrogens is 232 g/mol. The highest BCUT2D eigenvalue weighted by atomic mass is 16.2. The van der Waals surface area contributed by atoms with Crippen molar-refractivity contribution < 1.29 is 4.79 Å². The van der Waals surface area contributed by atoms with Crippen LogP contribution in [0.5, 0.6) is 0 Å². The van der Waals surface area contributed by atoms with Crippen LogP contribution in [0, 0.1) is 5.92 Å². The number of nitrogens with two attached hydrogens (primary N) is 1. The third kappa shape index (κ3) is 3.96. The highest BCUT2D eigenvalue weighted by Gasteiger charge is 2.26. The molecule has 18 heavy (non-hydrogen) atoms. The van der Waals surface area contributed by atoms with Crippen LogP contribution >= 0.6 is 0 Å². The lowest BCUT2D eigenvalue weighted by molar-refractivity contribution is 0.0892. The largest absolute Gasteiger partial charge is 0.344 e. The summed E-state index contributed by atoms with van der Waals surface area (Å²) in [5.74, 6) is 0.0854. The Balaban J connectivity index is 2.79. The van der Waals surface area contributed by atoms with E-state index < -0.39 is 5.54 Å². The number of aromatic amines is 1. The van der Waals surface area contributed by atoms with Crippen LogP contribution in [-0.2, 0) is 0 Å². The lowest BCUT2D eigenvalue weighted by Gasteiger charge is -2.31. The topological polar surface area (TPSA) is 101 Å². The van der Waals surface area contributed by atoms with Crippen molar-refractivity contribution in [2.24, 2.45) is 11.7 Å². The summed E-state index contributed by atoms with van der Waals surface area (Å²) in [5.41, 5.74) is 5.08. The van der Waals surface area contributed by atoms with Gasteiger partial charge in [-0.3, -0.25) is 9.59 Å². The first-order valence-electron chi connectivity index (χ1n) is 5.93. The molecule has 6 heteroatoms. The Morgan fingerprint density at radius 2 is 2.28 bits per heavy atom. The van der Waals surface area contributed by atoms with E-state index in [2.05, 4.69) is 29.1 Å². The first-order valence-corrected chi connectivity index (χ1v) is 5.93. The van der Waals surface area contributed by atoms with E-state index in [4.69, 9.17) is 5.73 Å². The van der Waals surface area contributed by atoms with E-state index in [9.17, 15) is 9.59 Å². The highest BCUT2D eigenvalue weighted by Crippen LogP contribution is 2.15. The van der Waals surface area contributed by atoms with E-state index in [1.807, 2.05) is 6.92 Å². The third-order valence-electron chi connectivity index (χ3n) is 2.63.